The van der Waals surface area contributed by atoms with Crippen LogP contribution >= 0.6 is 0 Å². The van der Waals surface area contributed by atoms with E-state index in [4.69, 9.17) is 0 Å². The van der Waals surface area contributed by atoms with E-state index in [2.05, 4.69) is 24.5 Å². The number of hydrogen-bond acceptors (Lipinski definition) is 3. The molecule has 6 nitrogen and oxygen atoms in total. The molecule has 0 bridgehead atoms. The second-order valence-electron chi connectivity index (χ2n) is 8.76. The molecule has 2 aliphatic rings. The van der Waals surface area contributed by atoms with Gasteiger partial charge in [0, 0.05) is 5.69 Å². The van der Waals surface area contributed by atoms with Crippen LogP contribution in [0.2, 0.25) is 0 Å². The number of hydrogen-bond donors (Lipinski definition) is 2. The minimum Gasteiger partial charge on any atom is -0.325 e. The summed E-state index contributed by atoms with van der Waals surface area (Å²) in [6.45, 7) is 5.67. The van der Waals surface area contributed by atoms with E-state index in [9.17, 15) is 14.4 Å². The number of benzene rings is 2. The summed E-state index contributed by atoms with van der Waals surface area (Å²) in [6.07, 6.45) is 4.20. The zero-order chi connectivity index (χ0) is 22.2. The van der Waals surface area contributed by atoms with E-state index in [-0.39, 0.29) is 6.54 Å². The number of rotatable bonds is 6. The first-order chi connectivity index (χ1) is 14.8. The van der Waals surface area contributed by atoms with Crippen molar-refractivity contribution in [3.63, 3.8) is 0 Å². The average molecular weight is 420 g/mol. The predicted molar refractivity (Wildman–Crippen MR) is 120 cm³/mol. The first kappa shape index (κ1) is 21.1. The van der Waals surface area contributed by atoms with Crippen molar-refractivity contribution in [1.82, 2.24) is 10.2 Å². The monoisotopic (exact) mass is 419 g/mol. The number of anilines is 1. The van der Waals surface area contributed by atoms with E-state index < -0.39 is 23.4 Å². The SMILES string of the molecule is CC[C@@H](C)c1ccc(NC(=O)CN2C(=O)N[C@@](C)(c3ccc4c(c3)CCC4)C2=O)cc1. The number of carbonyl (C=O) groups is 3. The smallest absolute Gasteiger partial charge is 0.325 e. The van der Waals surface area contributed by atoms with Gasteiger partial charge < -0.3 is 10.6 Å². The van der Waals surface area contributed by atoms with Gasteiger partial charge in [0.25, 0.3) is 5.91 Å². The molecule has 2 aromatic rings. The number of fused-ring (bicyclic) bond motifs is 1. The van der Waals surface area contributed by atoms with Crippen molar-refractivity contribution >= 4 is 23.5 Å². The van der Waals surface area contributed by atoms with Gasteiger partial charge in [0.2, 0.25) is 5.91 Å². The Hall–Kier alpha value is -3.15. The number of urea groups is 1. The van der Waals surface area contributed by atoms with Gasteiger partial charge in [-0.1, -0.05) is 44.2 Å². The molecule has 2 aromatic carbocycles. The molecule has 4 rings (SSSR count). The van der Waals surface area contributed by atoms with Crippen LogP contribution in [0.15, 0.2) is 42.5 Å². The molecule has 0 radical (unpaired) electrons. The Morgan fingerprint density at radius 3 is 2.55 bits per heavy atom. The Balaban J connectivity index is 1.45. The van der Waals surface area contributed by atoms with Crippen LogP contribution in [0.1, 0.15) is 61.8 Å². The first-order valence-corrected chi connectivity index (χ1v) is 11.0. The maximum absolute atomic E-state index is 13.1. The maximum atomic E-state index is 13.1. The number of carbonyl (C=O) groups excluding carboxylic acids is 3. The Bertz CT molecular complexity index is 1030. The summed E-state index contributed by atoms with van der Waals surface area (Å²) >= 11 is 0. The van der Waals surface area contributed by atoms with Crippen molar-refractivity contribution in [2.45, 2.75) is 57.9 Å². The minimum absolute atomic E-state index is 0.321. The quantitative estimate of drug-likeness (QED) is 0.692. The normalized spacial score (nSPS) is 21.1. The van der Waals surface area contributed by atoms with E-state index in [1.54, 1.807) is 6.92 Å². The lowest BCUT2D eigenvalue weighted by atomic mass is 9.89. The summed E-state index contributed by atoms with van der Waals surface area (Å²) in [5.74, 6) is -0.358. The molecule has 1 heterocycles. The Labute approximate surface area is 183 Å². The first-order valence-electron chi connectivity index (χ1n) is 11.0. The minimum atomic E-state index is -1.16. The van der Waals surface area contributed by atoms with Crippen molar-refractivity contribution in [1.29, 1.82) is 0 Å². The van der Waals surface area contributed by atoms with Gasteiger partial charge in [-0.05, 0) is 72.9 Å². The van der Waals surface area contributed by atoms with Crippen molar-refractivity contribution < 1.29 is 14.4 Å². The van der Waals surface area contributed by atoms with Gasteiger partial charge in [-0.25, -0.2) is 4.79 Å². The van der Waals surface area contributed by atoms with Crippen LogP contribution in [0.4, 0.5) is 10.5 Å². The molecular formula is C25H29N3O3. The second-order valence-corrected chi connectivity index (χ2v) is 8.76. The third kappa shape index (κ3) is 3.94. The third-order valence-corrected chi connectivity index (χ3v) is 6.63. The Kier molecular flexibility index (Phi) is 5.56. The summed E-state index contributed by atoms with van der Waals surface area (Å²) in [6, 6.07) is 13.1. The predicted octanol–water partition coefficient (Wildman–Crippen LogP) is 4.09. The number of nitrogens with zero attached hydrogens (tertiary/aromatic N) is 1. The zero-order valence-electron chi connectivity index (χ0n) is 18.3. The van der Waals surface area contributed by atoms with Crippen LogP contribution in [-0.4, -0.2) is 29.3 Å². The zero-order valence-corrected chi connectivity index (χ0v) is 18.3. The van der Waals surface area contributed by atoms with E-state index >= 15 is 0 Å². The molecule has 162 valence electrons. The number of imide groups is 1. The molecule has 0 saturated carbocycles. The Morgan fingerprint density at radius 1 is 1.13 bits per heavy atom. The van der Waals surface area contributed by atoms with Crippen molar-refractivity contribution in [3.05, 3.63) is 64.7 Å². The van der Waals surface area contributed by atoms with Crippen molar-refractivity contribution in [2.75, 3.05) is 11.9 Å². The topological polar surface area (TPSA) is 78.5 Å². The lowest BCUT2D eigenvalue weighted by Crippen LogP contribution is -2.42. The number of nitrogens with one attached hydrogen (secondary N) is 2. The molecule has 2 N–H and O–H groups in total. The highest BCUT2D eigenvalue weighted by Gasteiger charge is 2.49. The molecule has 1 fully saturated rings. The second kappa shape index (κ2) is 8.17. The van der Waals surface area contributed by atoms with E-state index in [1.165, 1.54) is 16.7 Å². The lowest BCUT2D eigenvalue weighted by molar-refractivity contribution is -0.133. The molecule has 4 amide bonds. The van der Waals surface area contributed by atoms with Gasteiger partial charge in [-0.2, -0.15) is 0 Å². The molecule has 2 atom stereocenters. The fourth-order valence-corrected chi connectivity index (χ4v) is 4.39. The Morgan fingerprint density at radius 2 is 1.84 bits per heavy atom. The molecule has 1 aliphatic heterocycles. The molecule has 31 heavy (non-hydrogen) atoms. The van der Waals surface area contributed by atoms with Gasteiger partial charge >= 0.3 is 6.03 Å². The van der Waals surface area contributed by atoms with Crippen molar-refractivity contribution in [2.24, 2.45) is 0 Å². The highest BCUT2D eigenvalue weighted by Crippen LogP contribution is 2.32. The van der Waals surface area contributed by atoms with E-state index in [1.807, 2.05) is 42.5 Å². The molecule has 0 spiro atoms. The van der Waals surface area contributed by atoms with Gasteiger partial charge in [-0.3, -0.25) is 14.5 Å². The van der Waals surface area contributed by atoms with Gasteiger partial charge in [-0.15, -0.1) is 0 Å². The fraction of sp³-hybridized carbons (Fsp3) is 0.400. The molecule has 0 aromatic heterocycles. The fourth-order valence-electron chi connectivity index (χ4n) is 4.39. The molecule has 0 unspecified atom stereocenters. The van der Waals surface area contributed by atoms with Crippen LogP contribution < -0.4 is 10.6 Å². The van der Waals surface area contributed by atoms with Gasteiger partial charge in [0.05, 0.1) is 0 Å². The van der Waals surface area contributed by atoms with Crippen molar-refractivity contribution in [3.8, 4) is 0 Å². The highest BCUT2D eigenvalue weighted by molar-refractivity contribution is 6.10. The lowest BCUT2D eigenvalue weighted by Gasteiger charge is -2.23. The summed E-state index contributed by atoms with van der Waals surface area (Å²) in [5.41, 5.74) is 3.99. The van der Waals surface area contributed by atoms with Crippen LogP contribution in [0, 0.1) is 0 Å². The largest absolute Gasteiger partial charge is 0.325 e. The summed E-state index contributed by atoms with van der Waals surface area (Å²) in [5, 5.41) is 5.57. The summed E-state index contributed by atoms with van der Waals surface area (Å²) in [4.78, 5) is 39.2. The van der Waals surface area contributed by atoms with Crippen LogP contribution in [0.5, 0.6) is 0 Å². The van der Waals surface area contributed by atoms with E-state index in [0.717, 1.165) is 36.1 Å². The van der Waals surface area contributed by atoms with Crippen LogP contribution in [0.25, 0.3) is 0 Å². The molecule has 6 heteroatoms. The van der Waals surface area contributed by atoms with Crippen LogP contribution in [-0.2, 0) is 28.0 Å². The molecular weight excluding hydrogens is 390 g/mol. The number of aryl methyl sites for hydroxylation is 2. The summed E-state index contributed by atoms with van der Waals surface area (Å²) in [7, 11) is 0. The summed E-state index contributed by atoms with van der Waals surface area (Å²) < 4.78 is 0. The molecule has 1 saturated heterocycles. The van der Waals surface area contributed by atoms with E-state index in [0.29, 0.717) is 11.6 Å². The maximum Gasteiger partial charge on any atom is 0.325 e. The van der Waals surface area contributed by atoms with Gasteiger partial charge in [0.15, 0.2) is 0 Å². The average Bonchev–Trinajstić information content (AvgIpc) is 3.32. The highest BCUT2D eigenvalue weighted by atomic mass is 16.2. The third-order valence-electron chi connectivity index (χ3n) is 6.63. The van der Waals surface area contributed by atoms with Gasteiger partial charge in [0.1, 0.15) is 12.1 Å². The number of amides is 4. The molecule has 1 aliphatic carbocycles. The van der Waals surface area contributed by atoms with Crippen LogP contribution in [0.3, 0.4) is 0 Å². The standard InChI is InChI=1S/C25H29N3O3/c1-4-16(2)17-9-12-21(13-10-17)26-22(29)15-28-23(30)25(3,27-24(28)31)20-11-8-18-6-5-7-19(18)14-20/h8-14,16H,4-7,15H2,1-3H3,(H,26,29)(H,27,31)/t16-,25+/m1/s1.